The summed E-state index contributed by atoms with van der Waals surface area (Å²) in [6, 6.07) is 0. The van der Waals surface area contributed by atoms with Crippen LogP contribution in [0.4, 0.5) is 0 Å². The second kappa shape index (κ2) is 3.85. The molecular formula is C8H13ClO. The van der Waals surface area contributed by atoms with Gasteiger partial charge in [-0.05, 0) is 6.92 Å². The number of hydrogen-bond donors (Lipinski definition) is 1. The smallest absolute Gasteiger partial charge is 0.136 e. The SMILES string of the molecule is CC(C)C#CC(C)(O)CCl. The number of hydrogen-bond acceptors (Lipinski definition) is 1. The largest absolute Gasteiger partial charge is 0.377 e. The molecule has 0 radical (unpaired) electrons. The summed E-state index contributed by atoms with van der Waals surface area (Å²) in [4.78, 5) is 0. The molecule has 0 aromatic rings. The van der Waals surface area contributed by atoms with E-state index >= 15 is 0 Å². The van der Waals surface area contributed by atoms with Crippen LogP contribution in [0.25, 0.3) is 0 Å². The molecule has 0 aliphatic carbocycles. The predicted octanol–water partition coefficient (Wildman–Crippen LogP) is 1.64. The van der Waals surface area contributed by atoms with Gasteiger partial charge in [0.05, 0.1) is 5.88 Å². The van der Waals surface area contributed by atoms with Crippen molar-refractivity contribution < 1.29 is 5.11 Å². The van der Waals surface area contributed by atoms with Crippen LogP contribution in [0.1, 0.15) is 20.8 Å². The van der Waals surface area contributed by atoms with E-state index in [-0.39, 0.29) is 11.8 Å². The lowest BCUT2D eigenvalue weighted by Crippen LogP contribution is -2.23. The van der Waals surface area contributed by atoms with Gasteiger partial charge in [-0.1, -0.05) is 25.7 Å². The number of alkyl halides is 1. The molecule has 0 rings (SSSR count). The van der Waals surface area contributed by atoms with E-state index in [1.807, 2.05) is 13.8 Å². The molecule has 10 heavy (non-hydrogen) atoms. The van der Waals surface area contributed by atoms with E-state index in [2.05, 4.69) is 11.8 Å². The average molecular weight is 161 g/mol. The summed E-state index contributed by atoms with van der Waals surface area (Å²) in [5.41, 5.74) is -1.02. The minimum atomic E-state index is -1.02. The van der Waals surface area contributed by atoms with E-state index in [1.54, 1.807) is 6.92 Å². The van der Waals surface area contributed by atoms with Crippen molar-refractivity contribution in [3.8, 4) is 11.8 Å². The first-order chi connectivity index (χ1) is 4.48. The third-order valence-corrected chi connectivity index (χ3v) is 1.41. The molecule has 0 aliphatic rings. The maximum absolute atomic E-state index is 9.27. The van der Waals surface area contributed by atoms with Crippen LogP contribution in [-0.2, 0) is 0 Å². The standard InChI is InChI=1S/C8H13ClO/c1-7(2)4-5-8(3,10)6-9/h7,10H,6H2,1-3H3. The van der Waals surface area contributed by atoms with Gasteiger partial charge >= 0.3 is 0 Å². The van der Waals surface area contributed by atoms with Crippen molar-refractivity contribution >= 4 is 11.6 Å². The van der Waals surface area contributed by atoms with Gasteiger partial charge in [0.2, 0.25) is 0 Å². The second-order valence-corrected chi connectivity index (χ2v) is 3.10. The molecule has 0 bridgehead atoms. The van der Waals surface area contributed by atoms with Crippen LogP contribution in [0.2, 0.25) is 0 Å². The Morgan fingerprint density at radius 3 is 2.40 bits per heavy atom. The molecular weight excluding hydrogens is 148 g/mol. The van der Waals surface area contributed by atoms with Crippen LogP contribution in [0.3, 0.4) is 0 Å². The zero-order valence-electron chi connectivity index (χ0n) is 6.61. The third kappa shape index (κ3) is 4.67. The van der Waals surface area contributed by atoms with Crippen LogP contribution in [0, 0.1) is 17.8 Å². The monoisotopic (exact) mass is 160 g/mol. The fourth-order valence-electron chi connectivity index (χ4n) is 0.333. The molecule has 0 spiro atoms. The topological polar surface area (TPSA) is 20.2 Å². The van der Waals surface area contributed by atoms with Crippen molar-refractivity contribution in [2.24, 2.45) is 5.92 Å². The Hall–Kier alpha value is -0.190. The Morgan fingerprint density at radius 1 is 1.60 bits per heavy atom. The van der Waals surface area contributed by atoms with Crippen molar-refractivity contribution in [2.45, 2.75) is 26.4 Å². The van der Waals surface area contributed by atoms with Gasteiger partial charge in [0.25, 0.3) is 0 Å². The number of rotatable bonds is 1. The minimum Gasteiger partial charge on any atom is -0.377 e. The molecule has 0 amide bonds. The van der Waals surface area contributed by atoms with E-state index in [1.165, 1.54) is 0 Å². The van der Waals surface area contributed by atoms with Crippen LogP contribution in [-0.4, -0.2) is 16.6 Å². The molecule has 0 saturated heterocycles. The quantitative estimate of drug-likeness (QED) is 0.457. The lowest BCUT2D eigenvalue weighted by Gasteiger charge is -2.10. The molecule has 58 valence electrons. The Kier molecular flexibility index (Phi) is 3.78. The predicted molar refractivity (Wildman–Crippen MR) is 44.0 cm³/mol. The first-order valence-electron chi connectivity index (χ1n) is 3.29. The van der Waals surface area contributed by atoms with Crippen LogP contribution in [0.5, 0.6) is 0 Å². The molecule has 1 nitrogen and oxygen atoms in total. The molecule has 1 N–H and O–H groups in total. The normalized spacial score (nSPS) is 15.8. The van der Waals surface area contributed by atoms with Crippen molar-refractivity contribution in [1.29, 1.82) is 0 Å². The van der Waals surface area contributed by atoms with Crippen molar-refractivity contribution in [3.63, 3.8) is 0 Å². The maximum Gasteiger partial charge on any atom is 0.136 e. The summed E-state index contributed by atoms with van der Waals surface area (Å²) in [6.45, 7) is 5.55. The number of halogens is 1. The summed E-state index contributed by atoms with van der Waals surface area (Å²) in [5, 5.41) is 9.27. The Labute approximate surface area is 67.4 Å². The van der Waals surface area contributed by atoms with Crippen LogP contribution in [0.15, 0.2) is 0 Å². The molecule has 0 aliphatic heterocycles. The zero-order chi connectivity index (χ0) is 8.20. The van der Waals surface area contributed by atoms with E-state index in [0.29, 0.717) is 0 Å². The second-order valence-electron chi connectivity index (χ2n) is 2.83. The fourth-order valence-corrected chi connectivity index (χ4v) is 0.400. The molecule has 2 heteroatoms. The average Bonchev–Trinajstić information content (AvgIpc) is 1.85. The number of aliphatic hydroxyl groups is 1. The molecule has 0 saturated carbocycles. The summed E-state index contributed by atoms with van der Waals surface area (Å²) in [5.74, 6) is 5.98. The fraction of sp³-hybridized carbons (Fsp3) is 0.750. The van der Waals surface area contributed by atoms with E-state index in [4.69, 9.17) is 11.6 Å². The highest BCUT2D eigenvalue weighted by molar-refractivity contribution is 6.18. The summed E-state index contributed by atoms with van der Waals surface area (Å²) >= 11 is 5.42. The highest BCUT2D eigenvalue weighted by Gasteiger charge is 2.13. The third-order valence-electron chi connectivity index (χ3n) is 0.890. The van der Waals surface area contributed by atoms with Crippen molar-refractivity contribution in [2.75, 3.05) is 5.88 Å². The van der Waals surface area contributed by atoms with Gasteiger partial charge in [0.15, 0.2) is 0 Å². The minimum absolute atomic E-state index is 0.159. The Morgan fingerprint density at radius 2 is 2.10 bits per heavy atom. The van der Waals surface area contributed by atoms with Crippen LogP contribution >= 0.6 is 11.6 Å². The molecule has 1 unspecified atom stereocenters. The van der Waals surface area contributed by atoms with Gasteiger partial charge in [-0.3, -0.25) is 0 Å². The molecule has 0 aromatic carbocycles. The highest BCUT2D eigenvalue weighted by Crippen LogP contribution is 2.03. The maximum atomic E-state index is 9.27. The van der Waals surface area contributed by atoms with Gasteiger partial charge in [-0.25, -0.2) is 0 Å². The first kappa shape index (κ1) is 9.81. The molecule has 0 fully saturated rings. The highest BCUT2D eigenvalue weighted by atomic mass is 35.5. The van der Waals surface area contributed by atoms with Crippen molar-refractivity contribution in [3.05, 3.63) is 0 Å². The zero-order valence-corrected chi connectivity index (χ0v) is 7.37. The first-order valence-corrected chi connectivity index (χ1v) is 3.82. The summed E-state index contributed by atoms with van der Waals surface area (Å²) < 4.78 is 0. The van der Waals surface area contributed by atoms with Gasteiger partial charge in [-0.2, -0.15) is 0 Å². The lowest BCUT2D eigenvalue weighted by atomic mass is 10.1. The van der Waals surface area contributed by atoms with Gasteiger partial charge in [0.1, 0.15) is 5.60 Å². The Bertz CT molecular complexity index is 150. The van der Waals surface area contributed by atoms with E-state index in [0.717, 1.165) is 0 Å². The van der Waals surface area contributed by atoms with Gasteiger partial charge < -0.3 is 5.11 Å². The van der Waals surface area contributed by atoms with Gasteiger partial charge in [0, 0.05) is 5.92 Å². The van der Waals surface area contributed by atoms with Crippen LogP contribution < -0.4 is 0 Å². The lowest BCUT2D eigenvalue weighted by molar-refractivity contribution is 0.147. The van der Waals surface area contributed by atoms with Crippen molar-refractivity contribution in [1.82, 2.24) is 0 Å². The molecule has 0 heterocycles. The van der Waals surface area contributed by atoms with Gasteiger partial charge in [-0.15, -0.1) is 11.6 Å². The van der Waals surface area contributed by atoms with E-state index in [9.17, 15) is 5.11 Å². The summed E-state index contributed by atoms with van der Waals surface area (Å²) in [7, 11) is 0. The Balaban J connectivity index is 4.02. The summed E-state index contributed by atoms with van der Waals surface area (Å²) in [6.07, 6.45) is 0. The van der Waals surface area contributed by atoms with E-state index < -0.39 is 5.60 Å². The molecule has 1 atom stereocenters. The molecule has 0 aromatic heterocycles.